The van der Waals surface area contributed by atoms with E-state index in [1.54, 1.807) is 12.1 Å². The maximum atomic E-state index is 14.1. The highest BCUT2D eigenvalue weighted by Crippen LogP contribution is 2.35. The molecule has 5 rings (SSSR count). The molecule has 46 heavy (non-hydrogen) atoms. The summed E-state index contributed by atoms with van der Waals surface area (Å²) in [6, 6.07) is 18.7. The van der Waals surface area contributed by atoms with Crippen LogP contribution in [0.2, 0.25) is 10.0 Å². The molecule has 240 valence electrons. The van der Waals surface area contributed by atoms with Crippen LogP contribution in [0.25, 0.3) is 0 Å². The molecule has 1 saturated heterocycles. The van der Waals surface area contributed by atoms with Crippen LogP contribution in [0.4, 0.5) is 33.9 Å². The Bertz CT molecular complexity index is 1720. The van der Waals surface area contributed by atoms with Gasteiger partial charge in [0.1, 0.15) is 12.4 Å². The highest BCUT2D eigenvalue weighted by atomic mass is 35.5. The van der Waals surface area contributed by atoms with Crippen LogP contribution in [0.1, 0.15) is 40.5 Å². The molecule has 1 aliphatic heterocycles. The molecular weight excluding hydrogens is 651 g/mol. The molecule has 2 N–H and O–H groups in total. The molecule has 4 aromatic rings. The number of guanidine groups is 1. The van der Waals surface area contributed by atoms with Gasteiger partial charge in [0.05, 0.1) is 6.04 Å². The number of piperidine rings is 1. The van der Waals surface area contributed by atoms with Crippen molar-refractivity contribution in [3.8, 4) is 0 Å². The zero-order chi connectivity index (χ0) is 32.8. The van der Waals surface area contributed by atoms with E-state index in [2.05, 4.69) is 20.7 Å². The number of ether oxygens (including phenoxy) is 1. The van der Waals surface area contributed by atoms with Gasteiger partial charge in [-0.05, 0) is 54.8 Å². The average Bonchev–Trinajstić information content (AvgIpc) is 3.44. The number of amides is 2. The number of carbonyl (C=O) groups is 2. The number of aromatic nitrogens is 2. The largest absolute Gasteiger partial charge is 0.445 e. The highest BCUT2D eigenvalue weighted by molar-refractivity contribution is 6.31. The van der Waals surface area contributed by atoms with Crippen LogP contribution in [0, 0.1) is 5.82 Å². The van der Waals surface area contributed by atoms with Gasteiger partial charge in [0, 0.05) is 40.5 Å². The lowest BCUT2D eigenvalue weighted by molar-refractivity contribution is -0.141. The lowest BCUT2D eigenvalue weighted by Crippen LogP contribution is -2.39. The van der Waals surface area contributed by atoms with E-state index in [-0.39, 0.29) is 65.6 Å². The van der Waals surface area contributed by atoms with Crippen molar-refractivity contribution in [3.63, 3.8) is 0 Å². The average molecular weight is 677 g/mol. The van der Waals surface area contributed by atoms with Crippen molar-refractivity contribution in [3.05, 3.63) is 112 Å². The van der Waals surface area contributed by atoms with E-state index in [0.717, 1.165) is 28.4 Å². The second-order valence-corrected chi connectivity index (χ2v) is 11.2. The van der Waals surface area contributed by atoms with Crippen molar-refractivity contribution in [2.45, 2.75) is 31.7 Å². The summed E-state index contributed by atoms with van der Waals surface area (Å²) < 4.78 is 62.1. The number of halogens is 6. The van der Waals surface area contributed by atoms with E-state index in [4.69, 9.17) is 27.9 Å². The molecule has 0 aliphatic carbocycles. The topological polar surface area (TPSA) is 101 Å². The lowest BCUT2D eigenvalue weighted by atomic mass is 10.1. The van der Waals surface area contributed by atoms with E-state index < -0.39 is 35.7 Å². The van der Waals surface area contributed by atoms with Crippen molar-refractivity contribution < 1.29 is 31.9 Å². The highest BCUT2D eigenvalue weighted by Gasteiger charge is 2.37. The van der Waals surface area contributed by atoms with Gasteiger partial charge in [-0.1, -0.05) is 59.6 Å². The van der Waals surface area contributed by atoms with Crippen molar-refractivity contribution in [1.82, 2.24) is 20.0 Å². The van der Waals surface area contributed by atoms with Gasteiger partial charge in [-0.15, -0.1) is 0 Å². The normalized spacial score (nSPS) is 14.2. The van der Waals surface area contributed by atoms with Gasteiger partial charge >= 0.3 is 12.3 Å². The number of hydrogen-bond acceptors (Lipinski definition) is 5. The number of nitrogens with one attached hydrogen (secondary N) is 2. The summed E-state index contributed by atoms with van der Waals surface area (Å²) in [7, 11) is 0. The van der Waals surface area contributed by atoms with Crippen LogP contribution >= 0.6 is 23.2 Å². The van der Waals surface area contributed by atoms with Gasteiger partial charge < -0.3 is 15.0 Å². The molecule has 2 amide bonds. The molecule has 15 heteroatoms. The van der Waals surface area contributed by atoms with E-state index in [1.807, 2.05) is 30.3 Å². The Balaban J connectivity index is 1.40. The summed E-state index contributed by atoms with van der Waals surface area (Å²) in [5.41, 5.74) is -0.183. The molecule has 0 bridgehead atoms. The lowest BCUT2D eigenvalue weighted by Gasteiger charge is -2.31. The molecule has 1 aromatic heterocycles. The minimum Gasteiger partial charge on any atom is -0.445 e. The number of anilines is 1. The number of nitrogens with zero attached hydrogens (tertiary/aromatic N) is 4. The maximum absolute atomic E-state index is 14.1. The van der Waals surface area contributed by atoms with Crippen LogP contribution in [-0.2, 0) is 17.5 Å². The maximum Gasteiger partial charge on any atom is 0.435 e. The van der Waals surface area contributed by atoms with Crippen LogP contribution in [0.15, 0.2) is 83.9 Å². The van der Waals surface area contributed by atoms with Crippen molar-refractivity contribution in [2.75, 3.05) is 18.4 Å². The molecule has 1 fully saturated rings. The third-order valence-electron chi connectivity index (χ3n) is 6.95. The van der Waals surface area contributed by atoms with E-state index in [9.17, 15) is 27.2 Å². The molecule has 3 aromatic carbocycles. The first-order valence-corrected chi connectivity index (χ1v) is 14.7. The Labute approximate surface area is 270 Å². The Morgan fingerprint density at radius 3 is 2.37 bits per heavy atom. The predicted octanol–water partition coefficient (Wildman–Crippen LogP) is 7.85. The second kappa shape index (κ2) is 14.2. The summed E-state index contributed by atoms with van der Waals surface area (Å²) in [6.45, 7) is 0.474. The molecule has 2 heterocycles. The summed E-state index contributed by atoms with van der Waals surface area (Å²) in [6.07, 6.45) is -4.84. The quantitative estimate of drug-likeness (QED) is 0.123. The Morgan fingerprint density at radius 2 is 1.70 bits per heavy atom. The zero-order valence-electron chi connectivity index (χ0n) is 23.9. The van der Waals surface area contributed by atoms with Gasteiger partial charge in [-0.2, -0.15) is 23.3 Å². The second-order valence-electron chi connectivity index (χ2n) is 10.3. The van der Waals surface area contributed by atoms with E-state index in [0.29, 0.717) is 0 Å². The first kappa shape index (κ1) is 32.8. The molecule has 0 unspecified atom stereocenters. The fourth-order valence-electron chi connectivity index (χ4n) is 4.75. The minimum atomic E-state index is -4.80. The van der Waals surface area contributed by atoms with Crippen LogP contribution in [0.5, 0.6) is 0 Å². The number of benzene rings is 3. The first-order valence-electron chi connectivity index (χ1n) is 14.0. The Kier molecular flexibility index (Phi) is 10.1. The standard InChI is InChI=1S/C31H26Cl2F4N6O3/c32-21-8-4-7-20(13-21)28(44)40-29(38-24-15-22(33)14-23(34)16-24)39-27-17-26(31(35,36)37)41-43(27)25-9-11-42(12-10-25)30(45)46-18-19-5-2-1-3-6-19/h1-8,13-17,25H,9-12,18H2,(H2,38,39,40,44). The minimum absolute atomic E-state index is 0.0291. The molecule has 9 nitrogen and oxygen atoms in total. The van der Waals surface area contributed by atoms with Crippen molar-refractivity contribution >= 4 is 52.7 Å². The number of carbonyl (C=O) groups excluding carboxylic acids is 2. The van der Waals surface area contributed by atoms with E-state index >= 15 is 0 Å². The van der Waals surface area contributed by atoms with Gasteiger partial charge in [0.2, 0.25) is 5.96 Å². The fourth-order valence-corrected chi connectivity index (χ4v) is 5.16. The van der Waals surface area contributed by atoms with Gasteiger partial charge in [0.15, 0.2) is 11.5 Å². The number of likely N-dealkylation sites (tertiary alicyclic amines) is 1. The fraction of sp³-hybridized carbons (Fsp3) is 0.226. The Hall–Kier alpha value is -4.62. The van der Waals surface area contributed by atoms with Crippen molar-refractivity contribution in [2.24, 2.45) is 4.99 Å². The molecule has 0 spiro atoms. The summed E-state index contributed by atoms with van der Waals surface area (Å²) in [4.78, 5) is 31.5. The number of alkyl halides is 3. The summed E-state index contributed by atoms with van der Waals surface area (Å²) in [5, 5.41) is 9.33. The van der Waals surface area contributed by atoms with Gasteiger partial charge in [-0.3, -0.25) is 10.1 Å². The summed E-state index contributed by atoms with van der Waals surface area (Å²) >= 11 is 12.0. The zero-order valence-corrected chi connectivity index (χ0v) is 25.4. The molecule has 0 atom stereocenters. The molecule has 1 aliphatic rings. The summed E-state index contributed by atoms with van der Waals surface area (Å²) in [5.74, 6) is -1.97. The number of rotatable bonds is 6. The number of hydrogen-bond donors (Lipinski definition) is 2. The smallest absolute Gasteiger partial charge is 0.435 e. The predicted molar refractivity (Wildman–Crippen MR) is 165 cm³/mol. The Morgan fingerprint density at radius 1 is 0.957 bits per heavy atom. The van der Waals surface area contributed by atoms with Crippen LogP contribution < -0.4 is 10.6 Å². The molecule has 0 saturated carbocycles. The van der Waals surface area contributed by atoms with Crippen LogP contribution in [-0.4, -0.2) is 45.7 Å². The van der Waals surface area contributed by atoms with Crippen LogP contribution in [0.3, 0.4) is 0 Å². The van der Waals surface area contributed by atoms with Gasteiger partial charge in [-0.25, -0.2) is 13.9 Å². The number of aliphatic imine (C=N–C) groups is 1. The first-order chi connectivity index (χ1) is 21.9. The van der Waals surface area contributed by atoms with Gasteiger partial charge in [0.25, 0.3) is 5.91 Å². The van der Waals surface area contributed by atoms with E-state index in [1.165, 1.54) is 23.1 Å². The molecular formula is C31H26Cl2F4N6O3. The monoisotopic (exact) mass is 676 g/mol. The van der Waals surface area contributed by atoms with Crippen molar-refractivity contribution in [1.29, 1.82) is 0 Å². The SMILES string of the molecule is O=C(NC(=Nc1cc(C(F)(F)F)nn1C1CCN(C(=O)OCc2ccccc2)CC1)Nc1cc(F)cc(Cl)c1)c1cccc(Cl)c1. The third kappa shape index (κ3) is 8.55. The third-order valence-corrected chi connectivity index (χ3v) is 7.40. The molecule has 0 radical (unpaired) electrons.